The third-order valence-corrected chi connectivity index (χ3v) is 3.97. The molecule has 1 fully saturated rings. The highest BCUT2D eigenvalue weighted by Crippen LogP contribution is 2.26. The zero-order valence-electron chi connectivity index (χ0n) is 10.3. The molecule has 2 rings (SSSR count). The second kappa shape index (κ2) is 5.61. The molecule has 1 atom stereocenters. The van der Waals surface area contributed by atoms with Gasteiger partial charge in [0.25, 0.3) is 5.91 Å². The van der Waals surface area contributed by atoms with Crippen molar-refractivity contribution in [2.75, 3.05) is 13.1 Å². The normalized spacial score (nSPS) is 19.2. The van der Waals surface area contributed by atoms with Gasteiger partial charge in [-0.3, -0.25) is 9.59 Å². The van der Waals surface area contributed by atoms with E-state index in [1.807, 2.05) is 0 Å². The van der Waals surface area contributed by atoms with Crippen molar-refractivity contribution in [2.45, 2.75) is 12.8 Å². The van der Waals surface area contributed by atoms with Crippen molar-refractivity contribution >= 4 is 27.7 Å². The average Bonchev–Trinajstić information content (AvgIpc) is 2.41. The van der Waals surface area contributed by atoms with Crippen LogP contribution in [0.3, 0.4) is 0 Å². The number of aromatic hydroxyl groups is 1. The second-order valence-electron chi connectivity index (χ2n) is 4.66. The number of nitrogens with zero attached hydrogens (tertiary/aromatic N) is 1. The molecule has 6 heteroatoms. The van der Waals surface area contributed by atoms with Crippen LogP contribution in [0.25, 0.3) is 0 Å². The fourth-order valence-electron chi connectivity index (χ4n) is 2.22. The number of carbonyl (C=O) groups is 2. The van der Waals surface area contributed by atoms with E-state index in [1.54, 1.807) is 17.0 Å². The van der Waals surface area contributed by atoms with Crippen LogP contribution in [0.2, 0.25) is 0 Å². The Morgan fingerprint density at radius 3 is 2.79 bits per heavy atom. The van der Waals surface area contributed by atoms with Gasteiger partial charge >= 0.3 is 0 Å². The van der Waals surface area contributed by atoms with Gasteiger partial charge in [0, 0.05) is 18.7 Å². The molecule has 1 aromatic rings. The minimum atomic E-state index is -0.365. The molecule has 5 nitrogen and oxygen atoms in total. The van der Waals surface area contributed by atoms with Crippen LogP contribution in [-0.2, 0) is 4.79 Å². The third kappa shape index (κ3) is 3.07. The van der Waals surface area contributed by atoms with Crippen molar-refractivity contribution in [3.63, 3.8) is 0 Å². The molecule has 3 N–H and O–H groups in total. The van der Waals surface area contributed by atoms with Gasteiger partial charge in [0.2, 0.25) is 5.91 Å². The molecule has 0 unspecified atom stereocenters. The van der Waals surface area contributed by atoms with Crippen LogP contribution in [0.1, 0.15) is 23.2 Å². The summed E-state index contributed by atoms with van der Waals surface area (Å²) in [6, 6.07) is 4.68. The third-order valence-electron chi connectivity index (χ3n) is 3.30. The molecular weight excluding hydrogens is 312 g/mol. The van der Waals surface area contributed by atoms with E-state index in [0.717, 1.165) is 12.8 Å². The van der Waals surface area contributed by atoms with E-state index in [-0.39, 0.29) is 23.5 Å². The second-order valence-corrected chi connectivity index (χ2v) is 5.51. The van der Waals surface area contributed by atoms with Gasteiger partial charge < -0.3 is 15.7 Å². The Balaban J connectivity index is 2.14. The Morgan fingerprint density at radius 1 is 1.42 bits per heavy atom. The lowest BCUT2D eigenvalue weighted by Crippen LogP contribution is -2.44. The number of primary amides is 1. The SMILES string of the molecule is NC(=O)[C@H]1CCCN(C(=O)c2ccc(Br)c(O)c2)C1. The van der Waals surface area contributed by atoms with E-state index in [2.05, 4.69) is 15.9 Å². The van der Waals surface area contributed by atoms with Gasteiger partial charge in [0.15, 0.2) is 0 Å². The van der Waals surface area contributed by atoms with E-state index in [0.29, 0.717) is 23.1 Å². The van der Waals surface area contributed by atoms with E-state index in [9.17, 15) is 14.7 Å². The monoisotopic (exact) mass is 326 g/mol. The molecule has 0 aromatic heterocycles. The number of phenolic OH excluding ortho intramolecular Hbond substituents is 1. The molecule has 1 aromatic carbocycles. The van der Waals surface area contributed by atoms with Crippen LogP contribution in [0.15, 0.2) is 22.7 Å². The molecule has 0 spiro atoms. The average molecular weight is 327 g/mol. The molecule has 0 bridgehead atoms. The van der Waals surface area contributed by atoms with E-state index in [4.69, 9.17) is 5.73 Å². The van der Waals surface area contributed by atoms with Crippen molar-refractivity contribution in [3.8, 4) is 5.75 Å². The van der Waals surface area contributed by atoms with Crippen molar-refractivity contribution in [1.82, 2.24) is 4.90 Å². The number of benzene rings is 1. The Bertz CT molecular complexity index is 519. The molecule has 1 heterocycles. The first-order valence-corrected chi connectivity index (χ1v) is 6.85. The highest BCUT2D eigenvalue weighted by molar-refractivity contribution is 9.10. The van der Waals surface area contributed by atoms with Crippen LogP contribution in [0, 0.1) is 5.92 Å². The Morgan fingerprint density at radius 2 is 2.16 bits per heavy atom. The highest BCUT2D eigenvalue weighted by atomic mass is 79.9. The maximum atomic E-state index is 12.3. The van der Waals surface area contributed by atoms with Crippen molar-refractivity contribution < 1.29 is 14.7 Å². The van der Waals surface area contributed by atoms with Crippen LogP contribution in [0.5, 0.6) is 5.75 Å². The maximum absolute atomic E-state index is 12.3. The number of rotatable bonds is 2. The summed E-state index contributed by atoms with van der Waals surface area (Å²) in [5.74, 6) is -0.805. The summed E-state index contributed by atoms with van der Waals surface area (Å²) < 4.78 is 0.540. The fourth-order valence-corrected chi connectivity index (χ4v) is 2.47. The summed E-state index contributed by atoms with van der Waals surface area (Å²) in [5, 5.41) is 9.60. The summed E-state index contributed by atoms with van der Waals surface area (Å²) in [7, 11) is 0. The van der Waals surface area contributed by atoms with Gasteiger partial charge in [0.1, 0.15) is 5.75 Å². The molecule has 19 heavy (non-hydrogen) atoms. The zero-order valence-corrected chi connectivity index (χ0v) is 11.9. The molecule has 1 aliphatic rings. The summed E-state index contributed by atoms with van der Waals surface area (Å²) >= 11 is 3.17. The van der Waals surface area contributed by atoms with Gasteiger partial charge in [-0.15, -0.1) is 0 Å². The number of amides is 2. The zero-order chi connectivity index (χ0) is 14.0. The lowest BCUT2D eigenvalue weighted by atomic mass is 9.97. The predicted octanol–water partition coefficient (Wildman–Crippen LogP) is 1.49. The Hall–Kier alpha value is -1.56. The summed E-state index contributed by atoms with van der Waals surface area (Å²) in [5.41, 5.74) is 5.70. The van der Waals surface area contributed by atoms with Crippen molar-refractivity contribution in [1.29, 1.82) is 0 Å². The van der Waals surface area contributed by atoms with Gasteiger partial charge in [-0.05, 0) is 47.0 Å². The molecule has 0 radical (unpaired) electrons. The molecule has 1 saturated heterocycles. The predicted molar refractivity (Wildman–Crippen MR) is 73.6 cm³/mol. The largest absolute Gasteiger partial charge is 0.507 e. The first-order chi connectivity index (χ1) is 8.99. The van der Waals surface area contributed by atoms with Crippen LogP contribution < -0.4 is 5.73 Å². The number of halogens is 1. The molecule has 102 valence electrons. The summed E-state index contributed by atoms with van der Waals surface area (Å²) in [6.07, 6.45) is 1.49. The minimum Gasteiger partial charge on any atom is -0.507 e. The lowest BCUT2D eigenvalue weighted by Gasteiger charge is -2.31. The highest BCUT2D eigenvalue weighted by Gasteiger charge is 2.27. The van der Waals surface area contributed by atoms with E-state index in [1.165, 1.54) is 6.07 Å². The number of hydrogen-bond acceptors (Lipinski definition) is 3. The maximum Gasteiger partial charge on any atom is 0.254 e. The molecule has 0 aliphatic carbocycles. The smallest absolute Gasteiger partial charge is 0.254 e. The first-order valence-electron chi connectivity index (χ1n) is 6.06. The molecule has 0 saturated carbocycles. The number of piperidine rings is 1. The number of nitrogens with two attached hydrogens (primary N) is 1. The Labute approximate surface area is 119 Å². The molecule has 2 amide bonds. The van der Waals surface area contributed by atoms with Crippen LogP contribution in [-0.4, -0.2) is 34.9 Å². The summed E-state index contributed by atoms with van der Waals surface area (Å²) in [4.78, 5) is 25.1. The first kappa shape index (κ1) is 13.9. The van der Waals surface area contributed by atoms with E-state index >= 15 is 0 Å². The number of likely N-dealkylation sites (tertiary alicyclic amines) is 1. The molecule has 1 aliphatic heterocycles. The molecular formula is C13H15BrN2O3. The van der Waals surface area contributed by atoms with Gasteiger partial charge in [-0.25, -0.2) is 0 Å². The number of phenols is 1. The quantitative estimate of drug-likeness (QED) is 0.863. The topological polar surface area (TPSA) is 83.6 Å². The van der Waals surface area contributed by atoms with E-state index < -0.39 is 0 Å². The fraction of sp³-hybridized carbons (Fsp3) is 0.385. The number of carbonyl (C=O) groups excluding carboxylic acids is 2. The number of hydrogen-bond donors (Lipinski definition) is 2. The minimum absolute atomic E-state index is 0.0225. The van der Waals surface area contributed by atoms with Gasteiger partial charge in [-0.2, -0.15) is 0 Å². The standard InChI is InChI=1S/C13H15BrN2O3/c14-10-4-3-8(6-11(10)17)13(19)16-5-1-2-9(7-16)12(15)18/h3-4,6,9,17H,1-2,5,7H2,(H2,15,18)/t9-/m0/s1. The van der Waals surface area contributed by atoms with Gasteiger partial charge in [-0.1, -0.05) is 0 Å². The summed E-state index contributed by atoms with van der Waals surface area (Å²) in [6.45, 7) is 0.963. The van der Waals surface area contributed by atoms with Crippen LogP contribution >= 0.6 is 15.9 Å². The van der Waals surface area contributed by atoms with Crippen LogP contribution in [0.4, 0.5) is 0 Å². The lowest BCUT2D eigenvalue weighted by molar-refractivity contribution is -0.123. The van der Waals surface area contributed by atoms with Crippen molar-refractivity contribution in [2.24, 2.45) is 11.7 Å². The Kier molecular flexibility index (Phi) is 4.09. The van der Waals surface area contributed by atoms with Crippen molar-refractivity contribution in [3.05, 3.63) is 28.2 Å². The van der Waals surface area contributed by atoms with Gasteiger partial charge in [0.05, 0.1) is 10.4 Å².